The maximum Gasteiger partial charge on any atom is 0.257 e. The Balaban J connectivity index is 1.17. The Labute approximate surface area is 189 Å². The molecule has 1 aromatic heterocycles. The Bertz CT molecular complexity index is 1000. The van der Waals surface area contributed by atoms with Gasteiger partial charge in [-0.25, -0.2) is 0 Å². The highest BCUT2D eigenvalue weighted by Crippen LogP contribution is 2.43. The van der Waals surface area contributed by atoms with Gasteiger partial charge in [-0.15, -0.1) is 5.10 Å². The van der Waals surface area contributed by atoms with E-state index in [1.165, 1.54) is 30.2 Å². The predicted octanol–water partition coefficient (Wildman–Crippen LogP) is 3.29. The van der Waals surface area contributed by atoms with E-state index >= 15 is 0 Å². The number of nitrogens with two attached hydrogens (primary N) is 1. The van der Waals surface area contributed by atoms with E-state index in [1.807, 2.05) is 4.90 Å². The van der Waals surface area contributed by atoms with Crippen molar-refractivity contribution in [3.63, 3.8) is 0 Å². The summed E-state index contributed by atoms with van der Waals surface area (Å²) in [7, 11) is 0. The van der Waals surface area contributed by atoms with E-state index in [1.54, 1.807) is 6.07 Å². The van der Waals surface area contributed by atoms with Crippen LogP contribution in [0.4, 0.5) is 5.82 Å². The van der Waals surface area contributed by atoms with Crippen LogP contribution in [0.25, 0.3) is 0 Å². The molecule has 2 aromatic rings. The molecule has 2 fully saturated rings. The molecule has 0 atom stereocenters. The average Bonchev–Trinajstić information content (AvgIpc) is 3.11. The second-order valence-electron chi connectivity index (χ2n) is 10.3. The van der Waals surface area contributed by atoms with Gasteiger partial charge in [-0.1, -0.05) is 18.2 Å². The van der Waals surface area contributed by atoms with Crippen molar-refractivity contribution in [1.82, 2.24) is 20.0 Å². The van der Waals surface area contributed by atoms with Gasteiger partial charge in [-0.05, 0) is 69.7 Å². The Kier molecular flexibility index (Phi) is 5.32. The number of fused-ring (bicyclic) bond motifs is 1. The number of ether oxygens (including phenoxy) is 1. The van der Waals surface area contributed by atoms with Crippen molar-refractivity contribution in [2.24, 2.45) is 5.41 Å². The van der Waals surface area contributed by atoms with Crippen LogP contribution in [0.15, 0.2) is 30.5 Å². The Hall–Kier alpha value is -2.67. The molecule has 32 heavy (non-hydrogen) atoms. The molecule has 1 spiro atoms. The molecule has 0 unspecified atom stereocenters. The highest BCUT2D eigenvalue weighted by molar-refractivity contribution is 5.98. The summed E-state index contributed by atoms with van der Waals surface area (Å²) in [5.41, 5.74) is 9.22. The molecule has 1 amide bonds. The molecule has 0 aliphatic carbocycles. The van der Waals surface area contributed by atoms with Crippen LogP contribution in [0.5, 0.6) is 5.75 Å². The summed E-state index contributed by atoms with van der Waals surface area (Å²) < 4.78 is 6.27. The highest BCUT2D eigenvalue weighted by Gasteiger charge is 2.39. The van der Waals surface area contributed by atoms with Crippen molar-refractivity contribution in [2.45, 2.75) is 58.1 Å². The first kappa shape index (κ1) is 21.2. The summed E-state index contributed by atoms with van der Waals surface area (Å²) in [4.78, 5) is 17.3. The number of nitrogen functional groups attached to an aromatic ring is 1. The number of benzene rings is 1. The van der Waals surface area contributed by atoms with E-state index in [-0.39, 0.29) is 17.3 Å². The lowest BCUT2D eigenvalue weighted by molar-refractivity contribution is 0.0282. The molecule has 2 saturated heterocycles. The quantitative estimate of drug-likeness (QED) is 0.796. The van der Waals surface area contributed by atoms with E-state index in [0.717, 1.165) is 57.7 Å². The second-order valence-corrected chi connectivity index (χ2v) is 10.3. The molecule has 0 radical (unpaired) electrons. The minimum atomic E-state index is -0.104. The van der Waals surface area contributed by atoms with E-state index in [4.69, 9.17) is 10.5 Å². The number of amides is 1. The normalized spacial score (nSPS) is 21.9. The van der Waals surface area contributed by atoms with Gasteiger partial charge in [-0.3, -0.25) is 9.69 Å². The number of hydrogen-bond donors (Lipinski definition) is 1. The molecule has 170 valence electrons. The van der Waals surface area contributed by atoms with Crippen LogP contribution in [0.3, 0.4) is 0 Å². The van der Waals surface area contributed by atoms with Crippen LogP contribution in [0.1, 0.15) is 61.0 Å². The van der Waals surface area contributed by atoms with Gasteiger partial charge in [0.2, 0.25) is 0 Å². The first-order chi connectivity index (χ1) is 15.3. The fourth-order valence-corrected chi connectivity index (χ4v) is 5.61. The van der Waals surface area contributed by atoms with E-state index in [0.29, 0.717) is 11.0 Å². The van der Waals surface area contributed by atoms with Gasteiger partial charge in [0.05, 0.1) is 11.8 Å². The fraction of sp³-hybridized carbons (Fsp3) is 0.560. The van der Waals surface area contributed by atoms with E-state index in [9.17, 15) is 4.79 Å². The van der Waals surface area contributed by atoms with Gasteiger partial charge >= 0.3 is 0 Å². The van der Waals surface area contributed by atoms with Crippen LogP contribution in [0, 0.1) is 5.41 Å². The third-order valence-corrected chi connectivity index (χ3v) is 7.57. The van der Waals surface area contributed by atoms with Crippen LogP contribution < -0.4 is 10.5 Å². The summed E-state index contributed by atoms with van der Waals surface area (Å²) in [5.74, 6) is 1.30. The zero-order valence-electron chi connectivity index (χ0n) is 19.1. The fourth-order valence-electron chi connectivity index (χ4n) is 5.61. The summed E-state index contributed by atoms with van der Waals surface area (Å²) in [6, 6.07) is 8.25. The maximum atomic E-state index is 12.8. The SMILES string of the molecule is CC1(C)Cc2cccc(CN3CCC4(CC3)CCN(C(=O)c3ccnnc3N)CC4)c2O1. The third-order valence-electron chi connectivity index (χ3n) is 7.57. The lowest BCUT2D eigenvalue weighted by atomic mass is 9.71. The zero-order valence-corrected chi connectivity index (χ0v) is 19.1. The first-order valence-corrected chi connectivity index (χ1v) is 11.7. The van der Waals surface area contributed by atoms with Crippen LogP contribution in [0.2, 0.25) is 0 Å². The highest BCUT2D eigenvalue weighted by atomic mass is 16.5. The number of anilines is 1. The van der Waals surface area contributed by atoms with Gasteiger partial charge in [0.1, 0.15) is 11.4 Å². The molecule has 7 nitrogen and oxygen atoms in total. The number of nitrogens with zero attached hydrogens (tertiary/aromatic N) is 4. The molecule has 1 aromatic carbocycles. The topological polar surface area (TPSA) is 84.6 Å². The molecule has 0 saturated carbocycles. The summed E-state index contributed by atoms with van der Waals surface area (Å²) in [6.07, 6.45) is 7.01. The number of hydrogen-bond acceptors (Lipinski definition) is 6. The molecular formula is C25H33N5O2. The summed E-state index contributed by atoms with van der Waals surface area (Å²) in [6.45, 7) is 9.06. The maximum absolute atomic E-state index is 12.8. The van der Waals surface area contributed by atoms with Crippen molar-refractivity contribution in [1.29, 1.82) is 0 Å². The van der Waals surface area contributed by atoms with Gasteiger partial charge in [0, 0.05) is 31.6 Å². The van der Waals surface area contributed by atoms with Gasteiger partial charge in [-0.2, -0.15) is 5.10 Å². The lowest BCUT2D eigenvalue weighted by Crippen LogP contribution is -2.48. The average molecular weight is 436 g/mol. The summed E-state index contributed by atoms with van der Waals surface area (Å²) in [5, 5.41) is 7.56. The number of rotatable bonds is 3. The first-order valence-electron chi connectivity index (χ1n) is 11.7. The molecule has 7 heteroatoms. The smallest absolute Gasteiger partial charge is 0.257 e. The Morgan fingerprint density at radius 1 is 1.09 bits per heavy atom. The second kappa shape index (κ2) is 8.03. The van der Waals surface area contributed by atoms with Gasteiger partial charge in [0.15, 0.2) is 5.82 Å². The lowest BCUT2D eigenvalue weighted by Gasteiger charge is -2.47. The molecule has 5 rings (SSSR count). The number of carbonyl (C=O) groups excluding carboxylic acids is 1. The number of likely N-dealkylation sites (tertiary alicyclic amines) is 2. The van der Waals surface area contributed by atoms with Gasteiger partial charge < -0.3 is 15.4 Å². The van der Waals surface area contributed by atoms with Gasteiger partial charge in [0.25, 0.3) is 5.91 Å². The largest absolute Gasteiger partial charge is 0.487 e. The Morgan fingerprint density at radius 2 is 1.81 bits per heavy atom. The van der Waals surface area contributed by atoms with E-state index in [2.05, 4.69) is 47.1 Å². The van der Waals surface area contributed by atoms with Crippen molar-refractivity contribution >= 4 is 11.7 Å². The van der Waals surface area contributed by atoms with Crippen LogP contribution in [-0.2, 0) is 13.0 Å². The summed E-state index contributed by atoms with van der Waals surface area (Å²) >= 11 is 0. The predicted molar refractivity (Wildman–Crippen MR) is 123 cm³/mol. The Morgan fingerprint density at radius 3 is 2.53 bits per heavy atom. The standard InChI is InChI=1S/C25H33N5O2/c1-24(2)16-18-4-3-5-19(21(18)32-24)17-29-12-7-25(8-13-29)9-14-30(15-10-25)23(31)20-6-11-27-28-22(20)26/h3-6,11H,7-10,12-17H2,1-2H3,(H2,26,28). The molecule has 0 bridgehead atoms. The monoisotopic (exact) mass is 435 g/mol. The van der Waals surface area contributed by atoms with Crippen molar-refractivity contribution in [3.8, 4) is 5.75 Å². The van der Waals surface area contributed by atoms with Crippen molar-refractivity contribution in [2.75, 3.05) is 31.9 Å². The third kappa shape index (κ3) is 4.06. The number of carbonyl (C=O) groups is 1. The minimum Gasteiger partial charge on any atom is -0.487 e. The minimum absolute atomic E-state index is 0.0226. The van der Waals surface area contributed by atoms with Crippen LogP contribution in [-0.4, -0.2) is 57.7 Å². The molecule has 4 heterocycles. The molecule has 3 aliphatic rings. The molecule has 2 N–H and O–H groups in total. The van der Waals surface area contributed by atoms with E-state index < -0.39 is 0 Å². The van der Waals surface area contributed by atoms with Crippen LogP contribution >= 0.6 is 0 Å². The molecular weight excluding hydrogens is 402 g/mol. The number of aromatic nitrogens is 2. The number of para-hydroxylation sites is 1. The molecule has 3 aliphatic heterocycles. The van der Waals surface area contributed by atoms with Crippen molar-refractivity contribution < 1.29 is 9.53 Å². The number of piperidine rings is 2. The van der Waals surface area contributed by atoms with Crippen molar-refractivity contribution in [3.05, 3.63) is 47.2 Å². The zero-order chi connectivity index (χ0) is 22.3.